The lowest BCUT2D eigenvalue weighted by atomic mass is 9.82. The smallest absolute Gasteiger partial charge is 0.147 e. The monoisotopic (exact) mass is 362 g/mol. The summed E-state index contributed by atoms with van der Waals surface area (Å²) in [6.45, 7) is 4.33. The summed E-state index contributed by atoms with van der Waals surface area (Å²) in [7, 11) is -2.85. The SMILES string of the molecule is CC(C)CC(CBr)(CBr)CCS(C)(=O)=O. The fraction of sp³-hybridized carbons (Fsp3) is 1.00. The first-order chi connectivity index (χ1) is 6.74. The molecule has 0 saturated heterocycles. The van der Waals surface area contributed by atoms with Gasteiger partial charge in [-0.25, -0.2) is 8.42 Å². The van der Waals surface area contributed by atoms with Crippen molar-refractivity contribution >= 4 is 41.7 Å². The van der Waals surface area contributed by atoms with Gasteiger partial charge in [-0.05, 0) is 24.2 Å². The van der Waals surface area contributed by atoms with Crippen LogP contribution in [-0.2, 0) is 9.84 Å². The van der Waals surface area contributed by atoms with Gasteiger partial charge in [0.1, 0.15) is 9.84 Å². The predicted molar refractivity (Wildman–Crippen MR) is 73.8 cm³/mol. The Morgan fingerprint density at radius 1 is 1.20 bits per heavy atom. The summed E-state index contributed by atoms with van der Waals surface area (Å²) in [4.78, 5) is 0. The summed E-state index contributed by atoms with van der Waals surface area (Å²) in [6.07, 6.45) is 3.06. The molecule has 0 fully saturated rings. The van der Waals surface area contributed by atoms with Crippen molar-refractivity contribution in [1.82, 2.24) is 0 Å². The van der Waals surface area contributed by atoms with E-state index in [9.17, 15) is 8.42 Å². The molecule has 0 aliphatic rings. The van der Waals surface area contributed by atoms with Gasteiger partial charge in [-0.2, -0.15) is 0 Å². The third kappa shape index (κ3) is 6.95. The van der Waals surface area contributed by atoms with Crippen LogP contribution in [0.2, 0.25) is 0 Å². The standard InChI is InChI=1S/C10H20Br2O2S/c1-9(2)6-10(7-11,8-12)4-5-15(3,13)14/h9H,4-8H2,1-3H3. The highest BCUT2D eigenvalue weighted by Crippen LogP contribution is 2.34. The summed E-state index contributed by atoms with van der Waals surface area (Å²) in [6, 6.07) is 0. The van der Waals surface area contributed by atoms with Crippen LogP contribution in [0.3, 0.4) is 0 Å². The molecule has 0 rings (SSSR count). The third-order valence-corrected chi connectivity index (χ3v) is 5.74. The molecule has 92 valence electrons. The molecular formula is C10H20Br2O2S. The molecule has 2 nitrogen and oxygen atoms in total. The number of sulfone groups is 1. The van der Waals surface area contributed by atoms with E-state index in [2.05, 4.69) is 45.7 Å². The number of alkyl halides is 2. The molecule has 5 heteroatoms. The van der Waals surface area contributed by atoms with Crippen LogP contribution in [0.5, 0.6) is 0 Å². The summed E-state index contributed by atoms with van der Waals surface area (Å²) in [5.41, 5.74) is 0.0667. The Hall–Kier alpha value is 0.910. The van der Waals surface area contributed by atoms with Gasteiger partial charge in [0.05, 0.1) is 5.75 Å². The minimum Gasteiger partial charge on any atom is -0.229 e. The van der Waals surface area contributed by atoms with Crippen molar-refractivity contribution in [1.29, 1.82) is 0 Å². The molecule has 0 spiro atoms. The van der Waals surface area contributed by atoms with Crippen molar-refractivity contribution < 1.29 is 8.42 Å². The van der Waals surface area contributed by atoms with Gasteiger partial charge in [0.15, 0.2) is 0 Å². The third-order valence-electron chi connectivity index (χ3n) is 2.41. The normalized spacial score (nSPS) is 13.5. The van der Waals surface area contributed by atoms with Gasteiger partial charge >= 0.3 is 0 Å². The number of rotatable bonds is 7. The highest BCUT2D eigenvalue weighted by Gasteiger charge is 2.29. The molecule has 0 aromatic rings. The van der Waals surface area contributed by atoms with Crippen LogP contribution in [0.1, 0.15) is 26.7 Å². The van der Waals surface area contributed by atoms with Crippen molar-refractivity contribution in [2.75, 3.05) is 22.7 Å². The lowest BCUT2D eigenvalue weighted by Crippen LogP contribution is -2.29. The molecule has 0 N–H and O–H groups in total. The summed E-state index contributed by atoms with van der Waals surface area (Å²) in [5, 5.41) is 1.69. The number of hydrogen-bond donors (Lipinski definition) is 0. The van der Waals surface area contributed by atoms with Gasteiger partial charge < -0.3 is 0 Å². The Balaban J connectivity index is 4.50. The molecule has 0 aliphatic heterocycles. The van der Waals surface area contributed by atoms with Gasteiger partial charge in [-0.1, -0.05) is 45.7 Å². The first kappa shape index (κ1) is 15.9. The number of halogens is 2. The molecule has 0 aliphatic carbocycles. The largest absolute Gasteiger partial charge is 0.229 e. The van der Waals surface area contributed by atoms with Crippen LogP contribution < -0.4 is 0 Å². The summed E-state index contributed by atoms with van der Waals surface area (Å²) in [5.74, 6) is 0.858. The molecule has 15 heavy (non-hydrogen) atoms. The highest BCUT2D eigenvalue weighted by molar-refractivity contribution is 9.09. The van der Waals surface area contributed by atoms with Crippen molar-refractivity contribution in [3.63, 3.8) is 0 Å². The maximum absolute atomic E-state index is 11.2. The lowest BCUT2D eigenvalue weighted by Gasteiger charge is -2.31. The Kier molecular flexibility index (Phi) is 7.00. The second-order valence-electron chi connectivity index (χ2n) is 4.75. The van der Waals surface area contributed by atoms with E-state index in [0.717, 1.165) is 23.5 Å². The predicted octanol–water partition coefficient (Wildman–Crippen LogP) is 3.24. The van der Waals surface area contributed by atoms with Gasteiger partial charge in [0.25, 0.3) is 0 Å². The van der Waals surface area contributed by atoms with Crippen LogP contribution in [-0.4, -0.2) is 31.1 Å². The van der Waals surface area contributed by atoms with Crippen LogP contribution in [0.4, 0.5) is 0 Å². The van der Waals surface area contributed by atoms with Gasteiger partial charge in [-0.15, -0.1) is 0 Å². The van der Waals surface area contributed by atoms with Gasteiger partial charge in [-0.3, -0.25) is 0 Å². The Morgan fingerprint density at radius 3 is 1.93 bits per heavy atom. The van der Waals surface area contributed by atoms with Crippen molar-refractivity contribution in [3.8, 4) is 0 Å². The zero-order chi connectivity index (χ0) is 12.1. The maximum Gasteiger partial charge on any atom is 0.147 e. The molecule has 0 bridgehead atoms. The molecule has 0 aromatic heterocycles. The van der Waals surface area contributed by atoms with Gasteiger partial charge in [0.2, 0.25) is 0 Å². The van der Waals surface area contributed by atoms with E-state index in [1.165, 1.54) is 6.26 Å². The zero-order valence-corrected chi connectivity index (χ0v) is 13.6. The molecule has 0 radical (unpaired) electrons. The van der Waals surface area contributed by atoms with Gasteiger partial charge in [0, 0.05) is 16.9 Å². The quantitative estimate of drug-likeness (QED) is 0.650. The van der Waals surface area contributed by atoms with E-state index in [1.807, 2.05) is 0 Å². The Bertz CT molecular complexity index is 269. The van der Waals surface area contributed by atoms with E-state index in [-0.39, 0.29) is 11.2 Å². The van der Waals surface area contributed by atoms with E-state index in [1.54, 1.807) is 0 Å². The Labute approximate surface area is 110 Å². The molecular weight excluding hydrogens is 344 g/mol. The van der Waals surface area contributed by atoms with Crippen LogP contribution in [0.15, 0.2) is 0 Å². The average molecular weight is 364 g/mol. The molecule has 0 heterocycles. The lowest BCUT2D eigenvalue weighted by molar-refractivity contribution is 0.296. The fourth-order valence-corrected chi connectivity index (χ4v) is 4.40. The van der Waals surface area contributed by atoms with Crippen LogP contribution in [0.25, 0.3) is 0 Å². The van der Waals surface area contributed by atoms with Crippen LogP contribution in [0, 0.1) is 11.3 Å². The second-order valence-corrected chi connectivity index (χ2v) is 8.13. The van der Waals surface area contributed by atoms with Crippen molar-refractivity contribution in [2.24, 2.45) is 11.3 Å². The topological polar surface area (TPSA) is 34.1 Å². The summed E-state index contributed by atoms with van der Waals surface area (Å²) >= 11 is 7.01. The summed E-state index contributed by atoms with van der Waals surface area (Å²) < 4.78 is 22.3. The fourth-order valence-electron chi connectivity index (χ4n) is 1.65. The second kappa shape index (κ2) is 6.60. The molecule has 0 unspecified atom stereocenters. The maximum atomic E-state index is 11.2. The first-order valence-corrected chi connectivity index (χ1v) is 9.35. The molecule has 0 amide bonds. The minimum absolute atomic E-state index is 0.0667. The zero-order valence-electron chi connectivity index (χ0n) is 9.59. The van der Waals surface area contributed by atoms with E-state index in [4.69, 9.17) is 0 Å². The van der Waals surface area contributed by atoms with E-state index in [0.29, 0.717) is 5.92 Å². The number of hydrogen-bond acceptors (Lipinski definition) is 2. The average Bonchev–Trinajstić information content (AvgIpc) is 2.10. The molecule has 0 saturated carbocycles. The first-order valence-electron chi connectivity index (χ1n) is 5.04. The van der Waals surface area contributed by atoms with Crippen molar-refractivity contribution in [3.05, 3.63) is 0 Å². The molecule has 0 aromatic carbocycles. The molecule has 0 atom stereocenters. The van der Waals surface area contributed by atoms with Crippen LogP contribution >= 0.6 is 31.9 Å². The van der Waals surface area contributed by atoms with E-state index < -0.39 is 9.84 Å². The van der Waals surface area contributed by atoms with E-state index >= 15 is 0 Å². The minimum atomic E-state index is -2.85. The Morgan fingerprint density at radius 2 is 1.67 bits per heavy atom. The highest BCUT2D eigenvalue weighted by atomic mass is 79.9. The van der Waals surface area contributed by atoms with Crippen molar-refractivity contribution in [2.45, 2.75) is 26.7 Å².